The van der Waals surface area contributed by atoms with Crippen LogP contribution in [0, 0.1) is 0 Å². The number of ether oxygens (including phenoxy) is 2. The number of hydrogen-bond donors (Lipinski definition) is 3. The number of carbonyl (C=O) groups excluding carboxylic acids is 2. The van der Waals surface area contributed by atoms with Gasteiger partial charge in [0, 0.05) is 30.8 Å². The highest BCUT2D eigenvalue weighted by molar-refractivity contribution is 7.92. The average molecular weight is 541 g/mol. The molecular weight excluding hydrogens is 504 g/mol. The van der Waals surface area contributed by atoms with Crippen LogP contribution < -0.4 is 15.4 Å². The number of nitrogens with one attached hydrogen (secondary N) is 3. The predicted octanol–water partition coefficient (Wildman–Crippen LogP) is 3.76. The van der Waals surface area contributed by atoms with Crippen LogP contribution in [-0.2, 0) is 32.6 Å². The van der Waals surface area contributed by atoms with E-state index in [1.165, 1.54) is 0 Å². The van der Waals surface area contributed by atoms with Crippen molar-refractivity contribution in [1.82, 2.24) is 15.5 Å². The first-order valence-corrected chi connectivity index (χ1v) is 14.5. The zero-order valence-corrected chi connectivity index (χ0v) is 22.6. The van der Waals surface area contributed by atoms with Gasteiger partial charge in [-0.2, -0.15) is 0 Å². The van der Waals surface area contributed by atoms with Crippen LogP contribution in [-0.4, -0.2) is 64.6 Å². The second kappa shape index (κ2) is 15.3. The molecule has 0 aliphatic carbocycles. The fourth-order valence-corrected chi connectivity index (χ4v) is 4.59. The maximum Gasteiger partial charge on any atom is 0.410 e. The molecule has 1 aromatic heterocycles. The first kappa shape index (κ1) is 29.4. The molecule has 1 aromatic carbocycles. The Morgan fingerprint density at radius 1 is 1.19 bits per heavy atom. The van der Waals surface area contributed by atoms with E-state index in [0.717, 1.165) is 29.5 Å². The highest BCUT2D eigenvalue weighted by atomic mass is 32.2. The van der Waals surface area contributed by atoms with Gasteiger partial charge in [0.1, 0.15) is 6.61 Å². The normalized spacial score (nSPS) is 12.0. The van der Waals surface area contributed by atoms with Crippen molar-refractivity contribution in [2.45, 2.75) is 45.3 Å². The van der Waals surface area contributed by atoms with Crippen LogP contribution in [0.2, 0.25) is 0 Å². The van der Waals surface area contributed by atoms with Gasteiger partial charge in [0.05, 0.1) is 25.4 Å². The molecule has 2 aromatic rings. The molecule has 200 valence electrons. The van der Waals surface area contributed by atoms with E-state index < -0.39 is 22.1 Å². The molecule has 12 heteroatoms. The molecule has 0 bridgehead atoms. The first-order valence-electron chi connectivity index (χ1n) is 11.7. The van der Waals surface area contributed by atoms with Gasteiger partial charge >= 0.3 is 12.1 Å². The number of unbranched alkanes of at least 4 members (excludes halogenated alkanes) is 1. The predicted molar refractivity (Wildman–Crippen MR) is 142 cm³/mol. The van der Waals surface area contributed by atoms with E-state index in [1.807, 2.05) is 24.4 Å². The third kappa shape index (κ3) is 11.7. The Bertz CT molecular complexity index is 1050. The Labute approximate surface area is 217 Å². The van der Waals surface area contributed by atoms with Crippen molar-refractivity contribution in [3.05, 3.63) is 52.2 Å². The Hall–Kier alpha value is -2.83. The molecule has 0 radical (unpaired) electrons. The summed E-state index contributed by atoms with van der Waals surface area (Å²) in [6.07, 6.45) is 3.08. The number of thiophene rings is 1. The number of methoxy groups -OCH3 is 1. The number of nitrogens with zero attached hydrogens (tertiary/aromatic N) is 1. The summed E-state index contributed by atoms with van der Waals surface area (Å²) < 4.78 is 36.0. The molecule has 36 heavy (non-hydrogen) atoms. The standard InChI is InChI=1S/C24H36N4O6S2/c1-4-5-9-21(18-34-24(30)28(12-13-33-2)17-22-11-7-14-35-22)26-23(29)25-16-19-8-6-10-20(15-19)27-36(3,31)32/h6-8,10-11,14-15,21,27H,4-5,9,12-13,16-18H2,1-3H3,(H2,25,26,29)/t21-/m0/s1. The second-order valence-electron chi connectivity index (χ2n) is 8.31. The maximum atomic E-state index is 12.8. The number of carbonyl (C=O) groups is 2. The second-order valence-corrected chi connectivity index (χ2v) is 11.1. The third-order valence-corrected chi connectivity index (χ3v) is 6.55. The monoisotopic (exact) mass is 540 g/mol. The summed E-state index contributed by atoms with van der Waals surface area (Å²) in [5.74, 6) is 0. The summed E-state index contributed by atoms with van der Waals surface area (Å²) in [5.41, 5.74) is 1.16. The Morgan fingerprint density at radius 2 is 2.00 bits per heavy atom. The minimum absolute atomic E-state index is 0.0495. The summed E-state index contributed by atoms with van der Waals surface area (Å²) in [6.45, 7) is 3.52. The van der Waals surface area contributed by atoms with Gasteiger partial charge in [0.2, 0.25) is 10.0 Å². The maximum absolute atomic E-state index is 12.8. The van der Waals surface area contributed by atoms with Crippen molar-refractivity contribution in [2.24, 2.45) is 0 Å². The van der Waals surface area contributed by atoms with E-state index in [1.54, 1.807) is 47.6 Å². The third-order valence-electron chi connectivity index (χ3n) is 5.08. The van der Waals surface area contributed by atoms with Crippen LogP contribution in [0.3, 0.4) is 0 Å². The van der Waals surface area contributed by atoms with Crippen molar-refractivity contribution in [2.75, 3.05) is 37.8 Å². The lowest BCUT2D eigenvalue weighted by atomic mass is 10.1. The summed E-state index contributed by atoms with van der Waals surface area (Å²) in [7, 11) is -1.81. The zero-order valence-electron chi connectivity index (χ0n) is 21.0. The van der Waals surface area contributed by atoms with Gasteiger partial charge in [-0.1, -0.05) is 38.0 Å². The van der Waals surface area contributed by atoms with Gasteiger partial charge in [-0.15, -0.1) is 11.3 Å². The van der Waals surface area contributed by atoms with Gasteiger partial charge in [0.15, 0.2) is 0 Å². The highest BCUT2D eigenvalue weighted by Crippen LogP contribution is 2.14. The number of urea groups is 1. The van der Waals surface area contributed by atoms with Crippen LogP contribution in [0.1, 0.15) is 36.6 Å². The molecule has 1 heterocycles. The van der Waals surface area contributed by atoms with Crippen molar-refractivity contribution in [3.63, 3.8) is 0 Å². The molecule has 3 amide bonds. The summed E-state index contributed by atoms with van der Waals surface area (Å²) in [6, 6.07) is 9.92. The van der Waals surface area contributed by atoms with E-state index in [-0.39, 0.29) is 19.2 Å². The number of anilines is 1. The fraction of sp³-hybridized carbons (Fsp3) is 0.500. The largest absolute Gasteiger partial charge is 0.447 e. The average Bonchev–Trinajstić information content (AvgIpc) is 3.34. The quantitative estimate of drug-likeness (QED) is 0.316. The van der Waals surface area contributed by atoms with Crippen molar-refractivity contribution >= 4 is 39.2 Å². The highest BCUT2D eigenvalue weighted by Gasteiger charge is 2.19. The van der Waals surface area contributed by atoms with Gasteiger partial charge < -0.3 is 25.0 Å². The molecule has 0 unspecified atom stereocenters. The fourth-order valence-electron chi connectivity index (χ4n) is 3.32. The van der Waals surface area contributed by atoms with Crippen LogP contribution in [0.15, 0.2) is 41.8 Å². The van der Waals surface area contributed by atoms with Gasteiger partial charge in [0.25, 0.3) is 0 Å². The molecule has 0 aliphatic heterocycles. The molecule has 0 saturated heterocycles. The minimum Gasteiger partial charge on any atom is -0.447 e. The van der Waals surface area contributed by atoms with Gasteiger partial charge in [-0.25, -0.2) is 18.0 Å². The Morgan fingerprint density at radius 3 is 2.67 bits per heavy atom. The van der Waals surface area contributed by atoms with Crippen LogP contribution in [0.5, 0.6) is 0 Å². The van der Waals surface area contributed by atoms with E-state index in [4.69, 9.17) is 9.47 Å². The molecule has 0 saturated carbocycles. The lowest BCUT2D eigenvalue weighted by molar-refractivity contribution is 0.0775. The van der Waals surface area contributed by atoms with Crippen molar-refractivity contribution in [1.29, 1.82) is 0 Å². The van der Waals surface area contributed by atoms with Gasteiger partial charge in [-0.3, -0.25) is 4.72 Å². The number of benzene rings is 1. The topological polar surface area (TPSA) is 126 Å². The lowest BCUT2D eigenvalue weighted by Crippen LogP contribution is -2.45. The van der Waals surface area contributed by atoms with Crippen LogP contribution >= 0.6 is 11.3 Å². The molecule has 0 fully saturated rings. The van der Waals surface area contributed by atoms with Crippen molar-refractivity contribution < 1.29 is 27.5 Å². The molecular formula is C24H36N4O6S2. The number of amides is 3. The number of hydrogen-bond acceptors (Lipinski definition) is 7. The van der Waals surface area contributed by atoms with E-state index >= 15 is 0 Å². The SMILES string of the molecule is CCCC[C@@H](COC(=O)N(CCOC)Cc1cccs1)NC(=O)NCc1cccc(NS(C)(=O)=O)c1. The summed E-state index contributed by atoms with van der Waals surface area (Å²) in [4.78, 5) is 27.9. The number of sulfonamides is 1. The van der Waals surface area contributed by atoms with Crippen LogP contribution in [0.4, 0.5) is 15.3 Å². The molecule has 0 spiro atoms. The zero-order chi connectivity index (χ0) is 26.4. The molecule has 3 N–H and O–H groups in total. The Kier molecular flexibility index (Phi) is 12.5. The van der Waals surface area contributed by atoms with Crippen LogP contribution in [0.25, 0.3) is 0 Å². The molecule has 1 atom stereocenters. The van der Waals surface area contributed by atoms with E-state index in [0.29, 0.717) is 31.8 Å². The Balaban J connectivity index is 1.90. The van der Waals surface area contributed by atoms with E-state index in [2.05, 4.69) is 15.4 Å². The summed E-state index contributed by atoms with van der Waals surface area (Å²) >= 11 is 1.56. The molecule has 2 rings (SSSR count). The first-order chi connectivity index (χ1) is 17.2. The molecule has 10 nitrogen and oxygen atoms in total. The van der Waals surface area contributed by atoms with Crippen molar-refractivity contribution in [3.8, 4) is 0 Å². The summed E-state index contributed by atoms with van der Waals surface area (Å²) in [5, 5.41) is 7.60. The smallest absolute Gasteiger partial charge is 0.410 e. The van der Waals surface area contributed by atoms with E-state index in [9.17, 15) is 18.0 Å². The van der Waals surface area contributed by atoms with Gasteiger partial charge in [-0.05, 0) is 35.6 Å². The minimum atomic E-state index is -3.39. The lowest BCUT2D eigenvalue weighted by Gasteiger charge is -2.24. The number of rotatable bonds is 15. The molecule has 0 aliphatic rings.